The Balaban J connectivity index is 2.35. The van der Waals surface area contributed by atoms with Crippen LogP contribution in [0.4, 0.5) is 5.95 Å². The van der Waals surface area contributed by atoms with E-state index in [0.717, 1.165) is 17.8 Å². The van der Waals surface area contributed by atoms with E-state index < -0.39 is 0 Å². The first-order valence-electron chi connectivity index (χ1n) is 5.98. The van der Waals surface area contributed by atoms with E-state index in [1.165, 1.54) is 6.20 Å². The molecular weight excluding hydrogens is 264 g/mol. The molecule has 0 amide bonds. The Morgan fingerprint density at radius 1 is 1.32 bits per heavy atom. The zero-order chi connectivity index (χ0) is 13.8. The van der Waals surface area contributed by atoms with E-state index >= 15 is 0 Å². The predicted molar refractivity (Wildman–Crippen MR) is 75.0 cm³/mol. The van der Waals surface area contributed by atoms with Crippen molar-refractivity contribution in [1.82, 2.24) is 15.0 Å². The summed E-state index contributed by atoms with van der Waals surface area (Å²) in [5, 5.41) is 3.20. The Labute approximate surface area is 117 Å². The highest BCUT2D eigenvalue weighted by molar-refractivity contribution is 6.31. The standard InChI is InChI=1S/C13H15ClN4O/c1-4-10-11(6-5-8(2)17-10)19-12-9(14)7-16-13(15-3)18-12/h5-7H,4H2,1-3H3,(H,15,16,18). The van der Waals surface area contributed by atoms with Crippen LogP contribution in [0.5, 0.6) is 11.6 Å². The van der Waals surface area contributed by atoms with Crippen molar-refractivity contribution in [3.8, 4) is 11.6 Å². The number of halogens is 1. The summed E-state index contributed by atoms with van der Waals surface area (Å²) < 4.78 is 5.74. The molecular formula is C13H15ClN4O. The summed E-state index contributed by atoms with van der Waals surface area (Å²) in [6.07, 6.45) is 2.28. The summed E-state index contributed by atoms with van der Waals surface area (Å²) in [5.74, 6) is 1.44. The van der Waals surface area contributed by atoms with Gasteiger partial charge in [0, 0.05) is 12.7 Å². The van der Waals surface area contributed by atoms with Gasteiger partial charge >= 0.3 is 0 Å². The van der Waals surface area contributed by atoms with E-state index in [1.807, 2.05) is 26.0 Å². The lowest BCUT2D eigenvalue weighted by atomic mass is 10.2. The molecule has 0 aliphatic carbocycles. The van der Waals surface area contributed by atoms with Crippen molar-refractivity contribution >= 4 is 17.5 Å². The normalized spacial score (nSPS) is 10.3. The van der Waals surface area contributed by atoms with Gasteiger partial charge in [-0.3, -0.25) is 4.98 Å². The molecule has 6 heteroatoms. The molecule has 0 bridgehead atoms. The number of aryl methyl sites for hydroxylation is 2. The number of nitrogens with one attached hydrogen (secondary N) is 1. The second-order valence-electron chi connectivity index (χ2n) is 3.95. The van der Waals surface area contributed by atoms with Gasteiger partial charge in [0.05, 0.1) is 11.9 Å². The second kappa shape index (κ2) is 5.84. The van der Waals surface area contributed by atoms with Crippen LogP contribution in [-0.4, -0.2) is 22.0 Å². The number of hydrogen-bond acceptors (Lipinski definition) is 5. The van der Waals surface area contributed by atoms with Gasteiger partial charge in [0.15, 0.2) is 5.75 Å². The monoisotopic (exact) mass is 278 g/mol. The maximum Gasteiger partial charge on any atom is 0.243 e. The van der Waals surface area contributed by atoms with Crippen molar-refractivity contribution in [2.24, 2.45) is 0 Å². The van der Waals surface area contributed by atoms with Crippen molar-refractivity contribution in [2.45, 2.75) is 20.3 Å². The molecule has 1 N–H and O–H groups in total. The summed E-state index contributed by atoms with van der Waals surface area (Å²) in [6, 6.07) is 3.77. The van der Waals surface area contributed by atoms with E-state index in [1.54, 1.807) is 7.05 Å². The lowest BCUT2D eigenvalue weighted by Gasteiger charge is -2.10. The fourth-order valence-corrected chi connectivity index (χ4v) is 1.72. The van der Waals surface area contributed by atoms with Crippen molar-refractivity contribution in [2.75, 3.05) is 12.4 Å². The van der Waals surface area contributed by atoms with Gasteiger partial charge < -0.3 is 10.1 Å². The second-order valence-corrected chi connectivity index (χ2v) is 4.36. The molecule has 0 aliphatic heterocycles. The summed E-state index contributed by atoms with van der Waals surface area (Å²) in [4.78, 5) is 12.6. The first-order valence-corrected chi connectivity index (χ1v) is 6.36. The van der Waals surface area contributed by atoms with Crippen LogP contribution in [0.1, 0.15) is 18.3 Å². The van der Waals surface area contributed by atoms with Crippen LogP contribution in [0.3, 0.4) is 0 Å². The van der Waals surface area contributed by atoms with E-state index in [9.17, 15) is 0 Å². The maximum absolute atomic E-state index is 6.03. The highest BCUT2D eigenvalue weighted by atomic mass is 35.5. The molecule has 0 fully saturated rings. The summed E-state index contributed by atoms with van der Waals surface area (Å²) in [6.45, 7) is 3.97. The number of aromatic nitrogens is 3. The number of hydrogen-bond donors (Lipinski definition) is 1. The first kappa shape index (κ1) is 13.5. The van der Waals surface area contributed by atoms with E-state index in [-0.39, 0.29) is 0 Å². The van der Waals surface area contributed by atoms with Gasteiger partial charge in [-0.1, -0.05) is 18.5 Å². The number of anilines is 1. The molecule has 100 valence electrons. The molecule has 0 unspecified atom stereocenters. The van der Waals surface area contributed by atoms with Gasteiger partial charge in [0.2, 0.25) is 11.8 Å². The van der Waals surface area contributed by atoms with Gasteiger partial charge in [0.25, 0.3) is 0 Å². The topological polar surface area (TPSA) is 59.9 Å². The lowest BCUT2D eigenvalue weighted by molar-refractivity contribution is 0.454. The number of pyridine rings is 1. The molecule has 0 atom stereocenters. The van der Waals surface area contributed by atoms with Crippen molar-refractivity contribution in [1.29, 1.82) is 0 Å². The molecule has 0 spiro atoms. The molecule has 2 aromatic rings. The smallest absolute Gasteiger partial charge is 0.243 e. The Bertz CT molecular complexity index is 589. The molecule has 2 aromatic heterocycles. The van der Waals surface area contributed by atoms with Crippen LogP contribution in [0.25, 0.3) is 0 Å². The largest absolute Gasteiger partial charge is 0.435 e. The van der Waals surface area contributed by atoms with E-state index in [0.29, 0.717) is 22.6 Å². The zero-order valence-electron chi connectivity index (χ0n) is 11.1. The Morgan fingerprint density at radius 2 is 2.11 bits per heavy atom. The van der Waals surface area contributed by atoms with Crippen molar-refractivity contribution in [3.05, 3.63) is 34.7 Å². The fourth-order valence-electron chi connectivity index (χ4n) is 1.59. The van der Waals surface area contributed by atoms with Gasteiger partial charge in [-0.25, -0.2) is 4.98 Å². The third-order valence-corrected chi connectivity index (χ3v) is 2.81. The van der Waals surface area contributed by atoms with Gasteiger partial charge in [-0.2, -0.15) is 4.98 Å². The van der Waals surface area contributed by atoms with E-state index in [2.05, 4.69) is 20.3 Å². The van der Waals surface area contributed by atoms with Crippen LogP contribution in [-0.2, 0) is 6.42 Å². The maximum atomic E-state index is 6.03. The minimum atomic E-state index is 0.321. The lowest BCUT2D eigenvalue weighted by Crippen LogP contribution is -2.00. The highest BCUT2D eigenvalue weighted by Crippen LogP contribution is 2.29. The molecule has 0 saturated heterocycles. The van der Waals surface area contributed by atoms with E-state index in [4.69, 9.17) is 16.3 Å². The average Bonchev–Trinajstić information content (AvgIpc) is 2.43. The zero-order valence-corrected chi connectivity index (χ0v) is 11.8. The van der Waals surface area contributed by atoms with Crippen molar-refractivity contribution < 1.29 is 4.74 Å². The Morgan fingerprint density at radius 3 is 2.79 bits per heavy atom. The van der Waals surface area contributed by atoms with Gasteiger partial charge in [-0.15, -0.1) is 0 Å². The Kier molecular flexibility index (Phi) is 4.16. The van der Waals surface area contributed by atoms with Crippen LogP contribution in [0, 0.1) is 6.92 Å². The summed E-state index contributed by atoms with van der Waals surface area (Å²) in [5.41, 5.74) is 1.83. The first-order chi connectivity index (χ1) is 9.13. The minimum Gasteiger partial charge on any atom is -0.435 e. The molecule has 0 aromatic carbocycles. The average molecular weight is 279 g/mol. The van der Waals surface area contributed by atoms with Crippen molar-refractivity contribution in [3.63, 3.8) is 0 Å². The number of ether oxygens (including phenoxy) is 1. The third kappa shape index (κ3) is 3.12. The van der Waals surface area contributed by atoms with Crippen LogP contribution in [0.2, 0.25) is 5.02 Å². The SMILES string of the molecule is CCc1nc(C)ccc1Oc1nc(NC)ncc1Cl. The van der Waals surface area contributed by atoms with Gasteiger partial charge in [0.1, 0.15) is 5.02 Å². The molecule has 2 heterocycles. The summed E-state index contributed by atoms with van der Waals surface area (Å²) >= 11 is 6.03. The quantitative estimate of drug-likeness (QED) is 0.930. The predicted octanol–water partition coefficient (Wildman–Crippen LogP) is 3.23. The van der Waals surface area contributed by atoms with Crippen LogP contribution < -0.4 is 10.1 Å². The molecule has 0 radical (unpaired) electrons. The highest BCUT2D eigenvalue weighted by Gasteiger charge is 2.11. The fraction of sp³-hybridized carbons (Fsp3) is 0.308. The van der Waals surface area contributed by atoms with Crippen LogP contribution in [0.15, 0.2) is 18.3 Å². The number of rotatable bonds is 4. The van der Waals surface area contributed by atoms with Gasteiger partial charge in [-0.05, 0) is 25.5 Å². The third-order valence-electron chi connectivity index (χ3n) is 2.55. The number of nitrogens with zero attached hydrogens (tertiary/aromatic N) is 3. The molecule has 5 nitrogen and oxygen atoms in total. The van der Waals surface area contributed by atoms with Crippen LogP contribution >= 0.6 is 11.6 Å². The molecule has 0 saturated carbocycles. The summed E-state index contributed by atoms with van der Waals surface area (Å²) in [7, 11) is 1.73. The minimum absolute atomic E-state index is 0.321. The molecule has 0 aliphatic rings. The molecule has 19 heavy (non-hydrogen) atoms. The Hall–Kier alpha value is -1.88. The molecule has 2 rings (SSSR count).